The highest BCUT2D eigenvalue weighted by molar-refractivity contribution is 5.81. The molecule has 2 aliphatic rings. The standard InChI is InChI=1S/C16H30N2O/c1-11-12(2)18(8-7-14(11)19)13-9-15(3,4)17-16(5,6)10-13/h11-13,17H,7-10H2,1-6H3/p+2/t11-,12-/m0/s1. The van der Waals surface area contributed by atoms with Crippen LogP contribution in [0.2, 0.25) is 0 Å². The molecule has 0 saturated carbocycles. The maximum atomic E-state index is 11.9. The van der Waals surface area contributed by atoms with Crippen LogP contribution in [0.4, 0.5) is 0 Å². The van der Waals surface area contributed by atoms with Crippen molar-refractivity contribution in [3.8, 4) is 0 Å². The van der Waals surface area contributed by atoms with Gasteiger partial charge in [0, 0.05) is 0 Å². The zero-order valence-electron chi connectivity index (χ0n) is 13.5. The van der Waals surface area contributed by atoms with Crippen molar-refractivity contribution in [2.45, 2.75) is 84.0 Å². The number of carbonyl (C=O) groups is 1. The minimum Gasteiger partial charge on any atom is -0.337 e. The molecule has 3 N–H and O–H groups in total. The molecule has 2 aliphatic heterocycles. The van der Waals surface area contributed by atoms with Crippen LogP contribution < -0.4 is 10.2 Å². The van der Waals surface area contributed by atoms with E-state index in [4.69, 9.17) is 0 Å². The summed E-state index contributed by atoms with van der Waals surface area (Å²) >= 11 is 0. The number of carbonyl (C=O) groups excluding carboxylic acids is 1. The lowest BCUT2D eigenvalue weighted by molar-refractivity contribution is -0.966. The molecule has 2 fully saturated rings. The number of rotatable bonds is 1. The maximum Gasteiger partial charge on any atom is 0.147 e. The van der Waals surface area contributed by atoms with Crippen LogP contribution in [-0.4, -0.2) is 35.5 Å². The predicted molar refractivity (Wildman–Crippen MR) is 77.2 cm³/mol. The molecule has 2 heterocycles. The lowest BCUT2D eigenvalue weighted by Crippen LogP contribution is -3.23. The number of piperidine rings is 2. The summed E-state index contributed by atoms with van der Waals surface area (Å²) in [6.07, 6.45) is 3.30. The zero-order chi connectivity index (χ0) is 14.4. The van der Waals surface area contributed by atoms with E-state index in [1.54, 1.807) is 4.90 Å². The molecule has 110 valence electrons. The number of likely N-dealkylation sites (tertiary alicyclic amines) is 1. The van der Waals surface area contributed by atoms with E-state index >= 15 is 0 Å². The van der Waals surface area contributed by atoms with E-state index in [1.807, 2.05) is 0 Å². The van der Waals surface area contributed by atoms with Crippen LogP contribution in [0.25, 0.3) is 0 Å². The summed E-state index contributed by atoms with van der Waals surface area (Å²) in [4.78, 5) is 13.5. The van der Waals surface area contributed by atoms with Gasteiger partial charge in [0.25, 0.3) is 0 Å². The van der Waals surface area contributed by atoms with Crippen LogP contribution in [0.15, 0.2) is 0 Å². The van der Waals surface area contributed by atoms with Gasteiger partial charge in [0.05, 0.1) is 54.9 Å². The zero-order valence-corrected chi connectivity index (χ0v) is 13.5. The fourth-order valence-corrected chi connectivity index (χ4v) is 4.68. The van der Waals surface area contributed by atoms with Crippen molar-refractivity contribution in [3.05, 3.63) is 0 Å². The van der Waals surface area contributed by atoms with Crippen LogP contribution in [-0.2, 0) is 4.79 Å². The summed E-state index contributed by atoms with van der Waals surface area (Å²) < 4.78 is 0. The van der Waals surface area contributed by atoms with Gasteiger partial charge < -0.3 is 10.2 Å². The Labute approximate surface area is 118 Å². The summed E-state index contributed by atoms with van der Waals surface area (Å²) in [5.74, 6) is 0.707. The summed E-state index contributed by atoms with van der Waals surface area (Å²) in [6.45, 7) is 14.9. The average molecular weight is 268 g/mol. The number of Topliss-reactive ketones (excluding diaryl/α,β-unsaturated/α-hetero) is 1. The molecule has 3 heteroatoms. The van der Waals surface area contributed by atoms with E-state index < -0.39 is 0 Å². The molecule has 0 aromatic carbocycles. The van der Waals surface area contributed by atoms with E-state index in [1.165, 1.54) is 12.8 Å². The molecule has 2 saturated heterocycles. The van der Waals surface area contributed by atoms with E-state index in [2.05, 4.69) is 46.9 Å². The van der Waals surface area contributed by atoms with Crippen molar-refractivity contribution in [2.24, 2.45) is 5.92 Å². The Kier molecular flexibility index (Phi) is 3.83. The number of hydrogen-bond acceptors (Lipinski definition) is 1. The van der Waals surface area contributed by atoms with Crippen molar-refractivity contribution in [1.82, 2.24) is 0 Å². The largest absolute Gasteiger partial charge is 0.337 e. The Bertz CT molecular complexity index is 346. The third-order valence-electron chi connectivity index (χ3n) is 5.35. The molecule has 2 rings (SSSR count). The van der Waals surface area contributed by atoms with Crippen LogP contribution in [0.5, 0.6) is 0 Å². The molecule has 0 spiro atoms. The maximum absolute atomic E-state index is 11.9. The second-order valence-electron chi connectivity index (χ2n) is 8.35. The van der Waals surface area contributed by atoms with Gasteiger partial charge in [-0.2, -0.15) is 0 Å². The first-order chi connectivity index (χ1) is 8.61. The molecular weight excluding hydrogens is 236 g/mol. The van der Waals surface area contributed by atoms with Crippen molar-refractivity contribution in [1.29, 1.82) is 0 Å². The molecular formula is C16H32N2O+2. The first kappa shape index (κ1) is 15.0. The predicted octanol–water partition coefficient (Wildman–Crippen LogP) is 0.152. The quantitative estimate of drug-likeness (QED) is 0.698. The van der Waals surface area contributed by atoms with Crippen LogP contribution in [0.1, 0.15) is 60.8 Å². The lowest BCUT2D eigenvalue weighted by Gasteiger charge is -2.48. The fourth-order valence-electron chi connectivity index (χ4n) is 4.68. The molecule has 3 nitrogen and oxygen atoms in total. The van der Waals surface area contributed by atoms with Gasteiger partial charge in [-0.3, -0.25) is 4.79 Å². The first-order valence-corrected chi connectivity index (χ1v) is 7.87. The van der Waals surface area contributed by atoms with Crippen molar-refractivity contribution < 1.29 is 15.0 Å². The molecule has 0 amide bonds. The van der Waals surface area contributed by atoms with E-state index in [0.29, 0.717) is 28.9 Å². The molecule has 1 unspecified atom stereocenters. The highest BCUT2D eigenvalue weighted by atomic mass is 16.1. The molecule has 0 bridgehead atoms. The van der Waals surface area contributed by atoms with Crippen LogP contribution in [0, 0.1) is 5.92 Å². The number of nitrogens with one attached hydrogen (secondary N) is 1. The Morgan fingerprint density at radius 2 is 1.63 bits per heavy atom. The van der Waals surface area contributed by atoms with E-state index in [9.17, 15) is 4.79 Å². The summed E-state index contributed by atoms with van der Waals surface area (Å²) in [5.41, 5.74) is 0.646. The molecule has 0 aromatic heterocycles. The lowest BCUT2D eigenvalue weighted by atomic mass is 9.77. The summed E-state index contributed by atoms with van der Waals surface area (Å²) in [6, 6.07) is 1.19. The van der Waals surface area contributed by atoms with Crippen LogP contribution >= 0.6 is 0 Å². The smallest absolute Gasteiger partial charge is 0.147 e. The molecule has 0 aliphatic carbocycles. The van der Waals surface area contributed by atoms with Crippen molar-refractivity contribution in [2.75, 3.05) is 6.54 Å². The Morgan fingerprint density at radius 1 is 1.11 bits per heavy atom. The van der Waals surface area contributed by atoms with E-state index in [-0.39, 0.29) is 5.92 Å². The molecule has 0 aromatic rings. The average Bonchev–Trinajstić information content (AvgIpc) is 2.21. The summed E-state index contributed by atoms with van der Waals surface area (Å²) in [7, 11) is 0. The van der Waals surface area contributed by atoms with Gasteiger partial charge in [0.15, 0.2) is 0 Å². The van der Waals surface area contributed by atoms with Gasteiger partial charge in [0.2, 0.25) is 0 Å². The van der Waals surface area contributed by atoms with Gasteiger partial charge in [0.1, 0.15) is 5.78 Å². The summed E-state index contributed by atoms with van der Waals surface area (Å²) in [5, 5.41) is 2.54. The van der Waals surface area contributed by atoms with Gasteiger partial charge in [-0.25, -0.2) is 0 Å². The number of nitrogens with two attached hydrogens (primary N) is 1. The highest BCUT2D eigenvalue weighted by Gasteiger charge is 2.48. The van der Waals surface area contributed by atoms with Gasteiger partial charge in [-0.15, -0.1) is 0 Å². The second kappa shape index (κ2) is 4.85. The van der Waals surface area contributed by atoms with Gasteiger partial charge >= 0.3 is 0 Å². The van der Waals surface area contributed by atoms with E-state index in [0.717, 1.165) is 13.0 Å². The fraction of sp³-hybridized carbons (Fsp3) is 0.938. The Hall–Kier alpha value is -0.410. The van der Waals surface area contributed by atoms with Crippen molar-refractivity contribution in [3.63, 3.8) is 0 Å². The monoisotopic (exact) mass is 268 g/mol. The first-order valence-electron chi connectivity index (χ1n) is 7.87. The third-order valence-corrected chi connectivity index (χ3v) is 5.35. The van der Waals surface area contributed by atoms with Gasteiger partial charge in [-0.05, 0) is 41.5 Å². The molecule has 19 heavy (non-hydrogen) atoms. The third kappa shape index (κ3) is 3.19. The molecule has 3 atom stereocenters. The van der Waals surface area contributed by atoms with Gasteiger partial charge in [-0.1, -0.05) is 0 Å². The second-order valence-corrected chi connectivity index (χ2v) is 8.35. The SMILES string of the molecule is C[C@@H]1C(=O)CC[NH+](C2CC(C)(C)[NH2+]C(C)(C)C2)[C@H]1C. The minimum absolute atomic E-state index is 0.237. The number of quaternary nitrogens is 2. The minimum atomic E-state index is 0.237. The number of ketones is 1. The normalized spacial score (nSPS) is 39.3. The van der Waals surface area contributed by atoms with Crippen molar-refractivity contribution >= 4 is 5.78 Å². The number of hydrogen-bond donors (Lipinski definition) is 2. The topological polar surface area (TPSA) is 38.1 Å². The molecule has 0 radical (unpaired) electrons. The Balaban J connectivity index is 2.15. The Morgan fingerprint density at radius 3 is 2.16 bits per heavy atom. The van der Waals surface area contributed by atoms with Crippen LogP contribution in [0.3, 0.4) is 0 Å². The highest BCUT2D eigenvalue weighted by Crippen LogP contribution is 2.21.